The number of thiazole rings is 1. The monoisotopic (exact) mass is 480 g/mol. The van der Waals surface area contributed by atoms with Gasteiger partial charge in [-0.05, 0) is 51.0 Å². The van der Waals surface area contributed by atoms with Gasteiger partial charge in [0.25, 0.3) is 0 Å². The molecule has 3 rings (SSSR count). The van der Waals surface area contributed by atoms with E-state index in [0.717, 1.165) is 5.69 Å². The Hall–Kier alpha value is -2.50. The first-order valence-electron chi connectivity index (χ1n) is 10.5. The summed E-state index contributed by atoms with van der Waals surface area (Å²) in [4.78, 5) is 30.9. The number of anilines is 1. The van der Waals surface area contributed by atoms with Gasteiger partial charge in [-0.1, -0.05) is 0 Å². The second-order valence-electron chi connectivity index (χ2n) is 7.49. The maximum Gasteiger partial charge on any atom is 0.240 e. The Morgan fingerprint density at radius 3 is 2.50 bits per heavy atom. The number of likely N-dealkylation sites (tertiary alicyclic amines) is 1. The maximum absolute atomic E-state index is 12.5. The number of hydrogen-bond donors (Lipinski definition) is 2. The van der Waals surface area contributed by atoms with Crippen LogP contribution in [0.1, 0.15) is 31.9 Å². The fraction of sp³-hybridized carbons (Fsp3) is 0.476. The number of nitrogens with zero attached hydrogens (tertiary/aromatic N) is 2. The molecule has 0 radical (unpaired) electrons. The van der Waals surface area contributed by atoms with Crippen molar-refractivity contribution in [3.8, 4) is 5.75 Å². The zero-order valence-electron chi connectivity index (χ0n) is 18.2. The van der Waals surface area contributed by atoms with E-state index >= 15 is 0 Å². The molecule has 2 N–H and O–H groups in total. The first-order chi connectivity index (χ1) is 15.3. The van der Waals surface area contributed by atoms with Crippen LogP contribution in [-0.4, -0.2) is 56.4 Å². The van der Waals surface area contributed by atoms with Gasteiger partial charge in [-0.2, -0.15) is 0 Å². The van der Waals surface area contributed by atoms with Crippen molar-refractivity contribution < 1.29 is 22.7 Å². The van der Waals surface area contributed by atoms with Gasteiger partial charge in [-0.25, -0.2) is 18.1 Å². The van der Waals surface area contributed by atoms with Crippen LogP contribution < -0.4 is 14.8 Å². The summed E-state index contributed by atoms with van der Waals surface area (Å²) in [5, 5.41) is 5.30. The number of aromatic nitrogens is 1. The Morgan fingerprint density at radius 2 is 1.91 bits per heavy atom. The Morgan fingerprint density at radius 1 is 1.22 bits per heavy atom. The Bertz CT molecular complexity index is 1030. The molecule has 0 unspecified atom stereocenters. The lowest BCUT2D eigenvalue weighted by molar-refractivity contribution is -0.134. The fourth-order valence-corrected chi connectivity index (χ4v) is 5.15. The molecule has 1 aliphatic rings. The van der Waals surface area contributed by atoms with Crippen molar-refractivity contribution in [2.75, 3.05) is 31.6 Å². The first kappa shape index (κ1) is 24.1. The van der Waals surface area contributed by atoms with Gasteiger partial charge in [-0.15, -0.1) is 11.3 Å². The third kappa shape index (κ3) is 6.50. The summed E-state index contributed by atoms with van der Waals surface area (Å²) < 4.78 is 32.6. The number of carbonyl (C=O) groups is 2. The minimum Gasteiger partial charge on any atom is -0.494 e. The number of nitrogens with one attached hydrogen (secondary N) is 2. The molecule has 0 spiro atoms. The number of aryl methyl sites for hydroxylation is 1. The van der Waals surface area contributed by atoms with Crippen LogP contribution in [0.2, 0.25) is 0 Å². The molecule has 0 atom stereocenters. The van der Waals surface area contributed by atoms with Crippen molar-refractivity contribution in [2.45, 2.75) is 38.0 Å². The highest BCUT2D eigenvalue weighted by Crippen LogP contribution is 2.22. The molecule has 2 aromatic rings. The molecular weight excluding hydrogens is 452 g/mol. The van der Waals surface area contributed by atoms with Gasteiger partial charge in [0, 0.05) is 37.4 Å². The number of ether oxygens (including phenoxy) is 1. The van der Waals surface area contributed by atoms with Crippen molar-refractivity contribution in [3.63, 3.8) is 0 Å². The lowest BCUT2D eigenvalue weighted by Gasteiger charge is -2.31. The molecule has 0 saturated carbocycles. The van der Waals surface area contributed by atoms with Crippen LogP contribution in [0.4, 0.5) is 5.13 Å². The first-order valence-corrected chi connectivity index (χ1v) is 12.9. The average Bonchev–Trinajstić information content (AvgIpc) is 3.18. The van der Waals surface area contributed by atoms with Crippen molar-refractivity contribution in [3.05, 3.63) is 35.3 Å². The molecule has 1 aliphatic heterocycles. The van der Waals surface area contributed by atoms with E-state index in [1.165, 1.54) is 23.5 Å². The van der Waals surface area contributed by atoms with Crippen molar-refractivity contribution >= 4 is 38.3 Å². The Labute approximate surface area is 192 Å². The highest BCUT2D eigenvalue weighted by Gasteiger charge is 2.27. The van der Waals surface area contributed by atoms with Crippen molar-refractivity contribution in [1.82, 2.24) is 14.6 Å². The molecule has 1 fully saturated rings. The van der Waals surface area contributed by atoms with E-state index in [4.69, 9.17) is 4.74 Å². The summed E-state index contributed by atoms with van der Waals surface area (Å²) in [6, 6.07) is 6.13. The number of hydrogen-bond acceptors (Lipinski definition) is 7. The third-order valence-corrected chi connectivity index (χ3v) is 7.50. The molecule has 1 aromatic carbocycles. The Kier molecular flexibility index (Phi) is 8.21. The number of benzene rings is 1. The van der Waals surface area contributed by atoms with E-state index in [1.54, 1.807) is 17.0 Å². The van der Waals surface area contributed by atoms with Crippen LogP contribution in [-0.2, 0) is 19.6 Å². The summed E-state index contributed by atoms with van der Waals surface area (Å²) in [6.45, 7) is 5.18. The van der Waals surface area contributed by atoms with Crippen LogP contribution in [0.15, 0.2) is 34.5 Å². The number of amides is 2. The highest BCUT2D eigenvalue weighted by atomic mass is 32.2. The molecule has 11 heteroatoms. The molecule has 9 nitrogen and oxygen atoms in total. The van der Waals surface area contributed by atoms with E-state index in [2.05, 4.69) is 15.0 Å². The lowest BCUT2D eigenvalue weighted by Crippen LogP contribution is -2.42. The van der Waals surface area contributed by atoms with Gasteiger partial charge in [0.1, 0.15) is 5.75 Å². The standard InChI is InChI=1S/C21H28N4O5S2/c1-3-30-17-4-6-18(7-5-17)32(28,29)22-11-8-19(26)25-12-9-16(10-13-25)20(27)24-21-23-15(2)14-31-21/h4-7,14,16,22H,3,8-13H2,1-2H3,(H,23,24,27). The molecular formula is C21H28N4O5S2. The molecule has 0 bridgehead atoms. The normalized spacial score (nSPS) is 14.9. The summed E-state index contributed by atoms with van der Waals surface area (Å²) in [5.74, 6) is 0.227. The second-order valence-corrected chi connectivity index (χ2v) is 10.1. The van der Waals surface area contributed by atoms with Gasteiger partial charge >= 0.3 is 0 Å². The highest BCUT2D eigenvalue weighted by molar-refractivity contribution is 7.89. The van der Waals surface area contributed by atoms with E-state index in [-0.39, 0.29) is 35.6 Å². The number of sulfonamides is 1. The zero-order valence-corrected chi connectivity index (χ0v) is 19.8. The van der Waals surface area contributed by atoms with Crippen LogP contribution in [0.25, 0.3) is 0 Å². The van der Waals surface area contributed by atoms with Crippen molar-refractivity contribution in [1.29, 1.82) is 0 Å². The van der Waals surface area contributed by atoms with Gasteiger partial charge in [0.2, 0.25) is 21.8 Å². The van der Waals surface area contributed by atoms with Crippen LogP contribution >= 0.6 is 11.3 Å². The average molecular weight is 481 g/mol. The summed E-state index contributed by atoms with van der Waals surface area (Å²) in [7, 11) is -3.70. The summed E-state index contributed by atoms with van der Waals surface area (Å²) >= 11 is 1.39. The van der Waals surface area contributed by atoms with Gasteiger partial charge in [-0.3, -0.25) is 9.59 Å². The van der Waals surface area contributed by atoms with Crippen LogP contribution in [0.5, 0.6) is 5.75 Å². The van der Waals surface area contributed by atoms with Crippen LogP contribution in [0, 0.1) is 12.8 Å². The lowest BCUT2D eigenvalue weighted by atomic mass is 9.96. The third-order valence-electron chi connectivity index (χ3n) is 5.14. The molecule has 0 aliphatic carbocycles. The zero-order chi connectivity index (χ0) is 23.1. The molecule has 1 aromatic heterocycles. The minimum atomic E-state index is -3.70. The molecule has 32 heavy (non-hydrogen) atoms. The van der Waals surface area contributed by atoms with Gasteiger partial charge < -0.3 is 15.0 Å². The predicted octanol–water partition coefficient (Wildman–Crippen LogP) is 2.40. The maximum atomic E-state index is 12.5. The Balaban J connectivity index is 1.41. The summed E-state index contributed by atoms with van der Waals surface area (Å²) in [6.07, 6.45) is 1.20. The smallest absolute Gasteiger partial charge is 0.240 e. The predicted molar refractivity (Wildman–Crippen MR) is 122 cm³/mol. The topological polar surface area (TPSA) is 118 Å². The van der Waals surface area contributed by atoms with E-state index in [9.17, 15) is 18.0 Å². The summed E-state index contributed by atoms with van der Waals surface area (Å²) in [5.41, 5.74) is 0.865. The quantitative estimate of drug-likeness (QED) is 0.569. The fourth-order valence-electron chi connectivity index (χ4n) is 3.43. The van der Waals surface area contributed by atoms with Crippen molar-refractivity contribution in [2.24, 2.45) is 5.92 Å². The molecule has 174 valence electrons. The van der Waals surface area contributed by atoms with Gasteiger partial charge in [0.15, 0.2) is 5.13 Å². The molecule has 2 amide bonds. The largest absolute Gasteiger partial charge is 0.494 e. The number of piperidine rings is 1. The SMILES string of the molecule is CCOc1ccc(S(=O)(=O)NCCC(=O)N2CCC(C(=O)Nc3nc(C)cs3)CC2)cc1. The number of rotatable bonds is 9. The number of carbonyl (C=O) groups excluding carboxylic acids is 2. The van der Waals surface area contributed by atoms with E-state index < -0.39 is 10.0 Å². The molecule has 1 saturated heterocycles. The van der Waals surface area contributed by atoms with E-state index in [0.29, 0.717) is 43.4 Å². The van der Waals surface area contributed by atoms with Gasteiger partial charge in [0.05, 0.1) is 17.2 Å². The second kappa shape index (κ2) is 10.9. The molecule has 2 heterocycles. The van der Waals surface area contributed by atoms with Crippen LogP contribution in [0.3, 0.4) is 0 Å². The minimum absolute atomic E-state index is 0.0121. The van der Waals surface area contributed by atoms with E-state index in [1.807, 2.05) is 19.2 Å².